The summed E-state index contributed by atoms with van der Waals surface area (Å²) in [7, 11) is 1.66. The molecule has 3 heterocycles. The summed E-state index contributed by atoms with van der Waals surface area (Å²) in [6, 6.07) is 13.7. The topological polar surface area (TPSA) is 61.5 Å². The molecule has 6 nitrogen and oxygen atoms in total. The number of rotatable bonds is 5. The van der Waals surface area contributed by atoms with Gasteiger partial charge in [0.2, 0.25) is 0 Å². The van der Waals surface area contributed by atoms with Crippen molar-refractivity contribution in [1.82, 2.24) is 19.4 Å². The third kappa shape index (κ3) is 3.34. The number of ether oxygens (including phenoxy) is 2. The zero-order valence-corrected chi connectivity index (χ0v) is 13.7. The summed E-state index contributed by atoms with van der Waals surface area (Å²) in [5.74, 6) is 0.709. The van der Waals surface area contributed by atoms with E-state index in [0.717, 1.165) is 22.5 Å². The molecule has 0 aliphatic heterocycles. The molecular weight excluding hydrogens is 316 g/mol. The number of hydrogen-bond donors (Lipinski definition) is 0. The van der Waals surface area contributed by atoms with Gasteiger partial charge in [-0.15, -0.1) is 0 Å². The first-order valence-corrected chi connectivity index (χ1v) is 7.84. The standard InChI is InChI=1S/C19H16N4O2/c1-24-13-16-12-23-11-14(7-8-18(23)22-16)15-9-20-19(21-10-15)25-17-5-3-2-4-6-17/h2-12H,13H2,1H3. The van der Waals surface area contributed by atoms with E-state index in [1.807, 2.05) is 59.3 Å². The molecule has 0 fully saturated rings. The van der Waals surface area contributed by atoms with Crippen molar-refractivity contribution in [3.05, 3.63) is 72.9 Å². The summed E-state index contributed by atoms with van der Waals surface area (Å²) in [6.45, 7) is 0.492. The zero-order chi connectivity index (χ0) is 17.1. The summed E-state index contributed by atoms with van der Waals surface area (Å²) in [5, 5.41) is 0. The summed E-state index contributed by atoms with van der Waals surface area (Å²) in [6.07, 6.45) is 7.45. The lowest BCUT2D eigenvalue weighted by Crippen LogP contribution is -1.92. The highest BCUT2D eigenvalue weighted by Crippen LogP contribution is 2.22. The minimum absolute atomic E-state index is 0.320. The third-order valence-corrected chi connectivity index (χ3v) is 3.71. The first-order chi connectivity index (χ1) is 12.3. The number of methoxy groups -OCH3 is 1. The molecule has 1 aromatic carbocycles. The predicted octanol–water partition coefficient (Wildman–Crippen LogP) is 3.73. The fraction of sp³-hybridized carbons (Fsp3) is 0.105. The molecule has 0 N–H and O–H groups in total. The Bertz CT molecular complexity index is 981. The highest BCUT2D eigenvalue weighted by Gasteiger charge is 2.06. The van der Waals surface area contributed by atoms with Gasteiger partial charge in [0.05, 0.1) is 12.3 Å². The van der Waals surface area contributed by atoms with Crippen LogP contribution >= 0.6 is 0 Å². The average molecular weight is 332 g/mol. The molecule has 6 heteroatoms. The van der Waals surface area contributed by atoms with Gasteiger partial charge >= 0.3 is 6.01 Å². The van der Waals surface area contributed by atoms with Crippen LogP contribution in [0.3, 0.4) is 0 Å². The van der Waals surface area contributed by atoms with Gasteiger partial charge in [0, 0.05) is 43.0 Å². The fourth-order valence-electron chi connectivity index (χ4n) is 2.54. The van der Waals surface area contributed by atoms with Gasteiger partial charge in [-0.05, 0) is 24.3 Å². The second kappa shape index (κ2) is 6.70. The van der Waals surface area contributed by atoms with Crippen molar-refractivity contribution >= 4 is 5.65 Å². The Balaban J connectivity index is 1.58. The van der Waals surface area contributed by atoms with E-state index < -0.39 is 0 Å². The van der Waals surface area contributed by atoms with Crippen LogP contribution in [0.5, 0.6) is 11.8 Å². The van der Waals surface area contributed by atoms with Crippen LogP contribution in [0.4, 0.5) is 0 Å². The largest absolute Gasteiger partial charge is 0.424 e. The third-order valence-electron chi connectivity index (χ3n) is 3.71. The summed E-state index contributed by atoms with van der Waals surface area (Å²) < 4.78 is 12.7. The number of fused-ring (bicyclic) bond motifs is 1. The molecule has 0 spiro atoms. The van der Waals surface area contributed by atoms with Crippen molar-refractivity contribution in [2.45, 2.75) is 6.61 Å². The quantitative estimate of drug-likeness (QED) is 0.557. The number of imidazole rings is 1. The van der Waals surface area contributed by atoms with Gasteiger partial charge in [-0.1, -0.05) is 18.2 Å². The van der Waals surface area contributed by atoms with Crippen molar-refractivity contribution in [1.29, 1.82) is 0 Å². The molecule has 4 rings (SSSR count). The molecule has 0 saturated heterocycles. The van der Waals surface area contributed by atoms with Crippen LogP contribution in [0.15, 0.2) is 67.3 Å². The first kappa shape index (κ1) is 15.3. The molecule has 3 aromatic heterocycles. The molecular formula is C19H16N4O2. The predicted molar refractivity (Wildman–Crippen MR) is 93.4 cm³/mol. The molecule has 0 aliphatic rings. The van der Waals surface area contributed by atoms with Crippen LogP contribution in [0.1, 0.15) is 5.69 Å². The van der Waals surface area contributed by atoms with E-state index in [4.69, 9.17) is 9.47 Å². The maximum Gasteiger partial charge on any atom is 0.321 e. The molecule has 124 valence electrons. The van der Waals surface area contributed by atoms with Crippen molar-refractivity contribution in [2.75, 3.05) is 7.11 Å². The van der Waals surface area contributed by atoms with Crippen LogP contribution in [0, 0.1) is 0 Å². The molecule has 0 radical (unpaired) electrons. The Morgan fingerprint density at radius 2 is 1.72 bits per heavy atom. The Morgan fingerprint density at radius 1 is 0.920 bits per heavy atom. The lowest BCUT2D eigenvalue weighted by atomic mass is 10.1. The molecule has 0 saturated carbocycles. The average Bonchev–Trinajstić information content (AvgIpc) is 3.05. The highest BCUT2D eigenvalue weighted by atomic mass is 16.5. The number of para-hydroxylation sites is 1. The minimum atomic E-state index is 0.320. The maximum absolute atomic E-state index is 5.62. The van der Waals surface area contributed by atoms with E-state index in [1.54, 1.807) is 19.5 Å². The van der Waals surface area contributed by atoms with E-state index in [2.05, 4.69) is 15.0 Å². The SMILES string of the molecule is COCc1cn2cc(-c3cnc(Oc4ccccc4)nc3)ccc2n1. The van der Waals surface area contributed by atoms with Gasteiger partial charge in [-0.25, -0.2) is 15.0 Å². The molecule has 0 amide bonds. The smallest absolute Gasteiger partial charge is 0.321 e. The summed E-state index contributed by atoms with van der Waals surface area (Å²) in [4.78, 5) is 13.1. The lowest BCUT2D eigenvalue weighted by molar-refractivity contribution is 0.182. The normalized spacial score (nSPS) is 10.9. The number of pyridine rings is 1. The van der Waals surface area contributed by atoms with Gasteiger partial charge in [0.1, 0.15) is 11.4 Å². The Morgan fingerprint density at radius 3 is 2.48 bits per heavy atom. The van der Waals surface area contributed by atoms with Crippen molar-refractivity contribution in [2.24, 2.45) is 0 Å². The van der Waals surface area contributed by atoms with Gasteiger partial charge in [0.25, 0.3) is 0 Å². The Kier molecular flexibility index (Phi) is 4.10. The molecule has 0 bridgehead atoms. The van der Waals surface area contributed by atoms with E-state index in [1.165, 1.54) is 0 Å². The number of aromatic nitrogens is 4. The van der Waals surface area contributed by atoms with Gasteiger partial charge < -0.3 is 13.9 Å². The number of hydrogen-bond acceptors (Lipinski definition) is 5. The van der Waals surface area contributed by atoms with Crippen LogP contribution < -0.4 is 4.74 Å². The van der Waals surface area contributed by atoms with Crippen LogP contribution in [-0.4, -0.2) is 26.5 Å². The van der Waals surface area contributed by atoms with E-state index >= 15 is 0 Å². The van der Waals surface area contributed by atoms with Crippen molar-refractivity contribution in [3.63, 3.8) is 0 Å². The van der Waals surface area contributed by atoms with Gasteiger partial charge in [-0.2, -0.15) is 0 Å². The maximum atomic E-state index is 5.62. The minimum Gasteiger partial charge on any atom is -0.424 e. The van der Waals surface area contributed by atoms with Crippen LogP contribution in [-0.2, 0) is 11.3 Å². The van der Waals surface area contributed by atoms with Gasteiger partial charge in [0.15, 0.2) is 0 Å². The lowest BCUT2D eigenvalue weighted by Gasteiger charge is -2.05. The van der Waals surface area contributed by atoms with Crippen molar-refractivity contribution < 1.29 is 9.47 Å². The Hall–Kier alpha value is -3.25. The summed E-state index contributed by atoms with van der Waals surface area (Å²) in [5.41, 5.74) is 3.67. The van der Waals surface area contributed by atoms with Crippen LogP contribution in [0.25, 0.3) is 16.8 Å². The molecule has 0 aliphatic carbocycles. The van der Waals surface area contributed by atoms with E-state index in [9.17, 15) is 0 Å². The van der Waals surface area contributed by atoms with Gasteiger partial charge in [-0.3, -0.25) is 0 Å². The van der Waals surface area contributed by atoms with E-state index in [0.29, 0.717) is 18.4 Å². The number of nitrogens with zero attached hydrogens (tertiary/aromatic N) is 4. The van der Waals surface area contributed by atoms with Crippen LogP contribution in [0.2, 0.25) is 0 Å². The molecule has 0 unspecified atom stereocenters. The second-order valence-corrected chi connectivity index (χ2v) is 5.52. The molecule has 0 atom stereocenters. The number of benzene rings is 1. The fourth-order valence-corrected chi connectivity index (χ4v) is 2.54. The Labute approximate surface area is 144 Å². The zero-order valence-electron chi connectivity index (χ0n) is 13.7. The monoisotopic (exact) mass is 332 g/mol. The molecule has 25 heavy (non-hydrogen) atoms. The molecule has 4 aromatic rings. The van der Waals surface area contributed by atoms with E-state index in [-0.39, 0.29) is 0 Å². The second-order valence-electron chi connectivity index (χ2n) is 5.52. The first-order valence-electron chi connectivity index (χ1n) is 7.84. The highest BCUT2D eigenvalue weighted by molar-refractivity contribution is 5.63. The summed E-state index contributed by atoms with van der Waals surface area (Å²) >= 11 is 0. The van der Waals surface area contributed by atoms with Crippen molar-refractivity contribution in [3.8, 4) is 22.9 Å².